The van der Waals surface area contributed by atoms with E-state index in [4.69, 9.17) is 9.47 Å². The third kappa shape index (κ3) is 2.30. The second-order valence-electron chi connectivity index (χ2n) is 5.11. The van der Waals surface area contributed by atoms with Gasteiger partial charge in [-0.15, -0.1) is 0 Å². The molecular weight excluding hydrogens is 244 g/mol. The predicted molar refractivity (Wildman–Crippen MR) is 69.5 cm³/mol. The van der Waals surface area contributed by atoms with Crippen LogP contribution in [0.2, 0.25) is 0 Å². The van der Waals surface area contributed by atoms with Crippen molar-refractivity contribution >= 4 is 12.2 Å². The minimum atomic E-state index is -0.605. The molecule has 2 aliphatic rings. The third-order valence-corrected chi connectivity index (χ3v) is 3.77. The van der Waals surface area contributed by atoms with Crippen LogP contribution in [0.5, 0.6) is 5.75 Å². The number of phenols is 1. The van der Waals surface area contributed by atoms with Gasteiger partial charge in [0.25, 0.3) is 0 Å². The van der Waals surface area contributed by atoms with Gasteiger partial charge in [-0.1, -0.05) is 18.6 Å². The van der Waals surface area contributed by atoms with Crippen LogP contribution in [-0.2, 0) is 9.47 Å². The predicted octanol–water partition coefficient (Wildman–Crippen LogP) is 3.60. The van der Waals surface area contributed by atoms with E-state index in [0.717, 1.165) is 31.2 Å². The van der Waals surface area contributed by atoms with Gasteiger partial charge in [-0.3, -0.25) is 0 Å². The van der Waals surface area contributed by atoms with E-state index in [2.05, 4.69) is 0 Å². The zero-order valence-corrected chi connectivity index (χ0v) is 10.6. The highest BCUT2D eigenvalue weighted by Crippen LogP contribution is 2.43. The molecule has 1 heterocycles. The van der Waals surface area contributed by atoms with Gasteiger partial charge in [-0.25, -0.2) is 4.79 Å². The van der Waals surface area contributed by atoms with Gasteiger partial charge in [0.15, 0.2) is 11.4 Å². The average Bonchev–Trinajstić information content (AvgIpc) is 2.69. The van der Waals surface area contributed by atoms with Crippen molar-refractivity contribution in [3.63, 3.8) is 0 Å². The number of cyclic esters (lactones) is 1. The Balaban J connectivity index is 1.92. The van der Waals surface area contributed by atoms with Crippen LogP contribution < -0.4 is 0 Å². The lowest BCUT2D eigenvalue weighted by Crippen LogP contribution is -2.32. The molecule has 0 amide bonds. The van der Waals surface area contributed by atoms with Gasteiger partial charge in [0, 0.05) is 0 Å². The number of hydrogen-bond donors (Lipinski definition) is 1. The summed E-state index contributed by atoms with van der Waals surface area (Å²) in [6, 6.07) is 6.78. The van der Waals surface area contributed by atoms with Crippen LogP contribution in [0.4, 0.5) is 4.79 Å². The molecular formula is C15H16O4. The molecule has 2 fully saturated rings. The summed E-state index contributed by atoms with van der Waals surface area (Å²) in [5, 5.41) is 9.27. The molecule has 1 spiro atoms. The van der Waals surface area contributed by atoms with Crippen molar-refractivity contribution in [2.45, 2.75) is 37.7 Å². The monoisotopic (exact) mass is 260 g/mol. The van der Waals surface area contributed by atoms with Gasteiger partial charge < -0.3 is 14.6 Å². The standard InChI is InChI=1S/C15H16O4/c16-12-6-4-11(5-7-12)10-13-15(19-14(17)18-13)8-2-1-3-9-15/h4-7,10,16H,1-3,8-9H2/b13-10-. The summed E-state index contributed by atoms with van der Waals surface area (Å²) < 4.78 is 10.6. The molecule has 3 rings (SSSR count). The van der Waals surface area contributed by atoms with E-state index in [0.29, 0.717) is 5.76 Å². The van der Waals surface area contributed by atoms with Gasteiger partial charge in [-0.05, 0) is 49.5 Å². The second-order valence-corrected chi connectivity index (χ2v) is 5.11. The molecule has 1 saturated heterocycles. The van der Waals surface area contributed by atoms with Crippen LogP contribution in [0, 0.1) is 0 Å². The average molecular weight is 260 g/mol. The molecule has 1 aliphatic carbocycles. The SMILES string of the molecule is O=C1O/C(=C\c2ccc(O)cc2)C2(CCCCC2)O1. The molecule has 1 saturated carbocycles. The fourth-order valence-electron chi connectivity index (χ4n) is 2.77. The number of ether oxygens (including phenoxy) is 2. The number of phenolic OH excluding ortho intramolecular Hbond substituents is 1. The minimum absolute atomic E-state index is 0.217. The van der Waals surface area contributed by atoms with Gasteiger partial charge in [0.2, 0.25) is 0 Å². The Morgan fingerprint density at radius 2 is 1.79 bits per heavy atom. The summed E-state index contributed by atoms with van der Waals surface area (Å²) in [6.45, 7) is 0. The fourth-order valence-corrected chi connectivity index (χ4v) is 2.77. The number of rotatable bonds is 1. The van der Waals surface area contributed by atoms with Crippen LogP contribution in [0.15, 0.2) is 30.0 Å². The highest BCUT2D eigenvalue weighted by Gasteiger charge is 2.47. The summed E-state index contributed by atoms with van der Waals surface area (Å²) in [5.41, 5.74) is 0.323. The second kappa shape index (κ2) is 4.61. The van der Waals surface area contributed by atoms with Crippen molar-refractivity contribution in [2.75, 3.05) is 0 Å². The van der Waals surface area contributed by atoms with Gasteiger partial charge in [-0.2, -0.15) is 0 Å². The molecule has 0 unspecified atom stereocenters. The Labute approximate surface area is 111 Å². The number of carbonyl (C=O) groups is 1. The van der Waals surface area contributed by atoms with Crippen LogP contribution in [-0.4, -0.2) is 16.9 Å². The van der Waals surface area contributed by atoms with Gasteiger partial charge in [0.05, 0.1) is 0 Å². The van der Waals surface area contributed by atoms with Crippen molar-refractivity contribution in [2.24, 2.45) is 0 Å². The van der Waals surface area contributed by atoms with Crippen LogP contribution >= 0.6 is 0 Å². The van der Waals surface area contributed by atoms with E-state index < -0.39 is 11.8 Å². The normalized spacial score (nSPS) is 23.4. The zero-order valence-electron chi connectivity index (χ0n) is 10.6. The molecule has 0 bridgehead atoms. The Hall–Kier alpha value is -1.97. The number of aromatic hydroxyl groups is 1. The number of hydrogen-bond acceptors (Lipinski definition) is 4. The Morgan fingerprint density at radius 1 is 1.11 bits per heavy atom. The van der Waals surface area contributed by atoms with Crippen LogP contribution in [0.25, 0.3) is 6.08 Å². The van der Waals surface area contributed by atoms with E-state index >= 15 is 0 Å². The van der Waals surface area contributed by atoms with Gasteiger partial charge in [0.1, 0.15) is 5.75 Å². The zero-order chi connectivity index (χ0) is 13.3. The highest BCUT2D eigenvalue weighted by atomic mass is 16.8. The Morgan fingerprint density at radius 3 is 2.47 bits per heavy atom. The maximum absolute atomic E-state index is 11.4. The Kier molecular flexibility index (Phi) is 2.93. The summed E-state index contributed by atoms with van der Waals surface area (Å²) in [7, 11) is 0. The topological polar surface area (TPSA) is 55.8 Å². The molecule has 100 valence electrons. The van der Waals surface area contributed by atoms with Gasteiger partial charge >= 0.3 is 6.16 Å². The van der Waals surface area contributed by atoms with Crippen molar-refractivity contribution in [1.29, 1.82) is 0 Å². The first-order valence-corrected chi connectivity index (χ1v) is 6.60. The highest BCUT2D eigenvalue weighted by molar-refractivity contribution is 5.70. The first-order valence-electron chi connectivity index (χ1n) is 6.60. The molecule has 1 aromatic carbocycles. The summed E-state index contributed by atoms with van der Waals surface area (Å²) in [6.07, 6.45) is 6.13. The molecule has 19 heavy (non-hydrogen) atoms. The van der Waals surface area contributed by atoms with E-state index in [1.807, 2.05) is 6.08 Å². The number of benzene rings is 1. The minimum Gasteiger partial charge on any atom is -0.508 e. The number of carbonyl (C=O) groups excluding carboxylic acids is 1. The molecule has 0 atom stereocenters. The van der Waals surface area contributed by atoms with Crippen LogP contribution in [0.1, 0.15) is 37.7 Å². The van der Waals surface area contributed by atoms with Crippen molar-refractivity contribution < 1.29 is 19.4 Å². The first kappa shape index (κ1) is 12.1. The lowest BCUT2D eigenvalue weighted by Gasteiger charge is -2.29. The first-order chi connectivity index (χ1) is 9.18. The molecule has 4 heteroatoms. The molecule has 0 aromatic heterocycles. The molecule has 1 N–H and O–H groups in total. The third-order valence-electron chi connectivity index (χ3n) is 3.77. The quantitative estimate of drug-likeness (QED) is 0.784. The van der Waals surface area contributed by atoms with Crippen molar-refractivity contribution in [3.8, 4) is 5.75 Å². The van der Waals surface area contributed by atoms with Crippen molar-refractivity contribution in [1.82, 2.24) is 0 Å². The van der Waals surface area contributed by atoms with E-state index in [-0.39, 0.29) is 5.75 Å². The van der Waals surface area contributed by atoms with Crippen LogP contribution in [0.3, 0.4) is 0 Å². The largest absolute Gasteiger partial charge is 0.514 e. The maximum atomic E-state index is 11.4. The van der Waals surface area contributed by atoms with E-state index in [1.165, 1.54) is 6.42 Å². The summed E-state index contributed by atoms with van der Waals surface area (Å²) in [5.74, 6) is 0.817. The lowest BCUT2D eigenvalue weighted by atomic mass is 9.83. The van der Waals surface area contributed by atoms with E-state index in [1.54, 1.807) is 24.3 Å². The maximum Gasteiger partial charge on any atom is 0.514 e. The lowest BCUT2D eigenvalue weighted by molar-refractivity contribution is 0.0391. The molecule has 1 aromatic rings. The smallest absolute Gasteiger partial charge is 0.508 e. The van der Waals surface area contributed by atoms with Crippen molar-refractivity contribution in [3.05, 3.63) is 35.6 Å². The fraction of sp³-hybridized carbons (Fsp3) is 0.400. The summed E-state index contributed by atoms with van der Waals surface area (Å²) in [4.78, 5) is 11.4. The molecule has 4 nitrogen and oxygen atoms in total. The molecule has 1 aliphatic heterocycles. The Bertz CT molecular complexity index is 509. The van der Waals surface area contributed by atoms with E-state index in [9.17, 15) is 9.90 Å². The molecule has 0 radical (unpaired) electrons. The summed E-state index contributed by atoms with van der Waals surface area (Å²) >= 11 is 0.